The highest BCUT2D eigenvalue weighted by Gasteiger charge is 2.40. The molecule has 0 spiro atoms. The van der Waals surface area contributed by atoms with Crippen molar-refractivity contribution in [3.05, 3.63) is 29.6 Å². The van der Waals surface area contributed by atoms with E-state index >= 15 is 0 Å². The van der Waals surface area contributed by atoms with E-state index in [0.717, 1.165) is 6.07 Å². The highest BCUT2D eigenvalue weighted by molar-refractivity contribution is 7.89. The zero-order chi connectivity index (χ0) is 15.0. The summed E-state index contributed by atoms with van der Waals surface area (Å²) in [6.45, 7) is 4.49. The Bertz CT molecular complexity index is 602. The van der Waals surface area contributed by atoms with E-state index < -0.39 is 21.4 Å². The molecule has 0 radical (unpaired) electrons. The molecule has 0 saturated carbocycles. The molecule has 7 heteroatoms. The van der Waals surface area contributed by atoms with Crippen LogP contribution in [0.25, 0.3) is 0 Å². The summed E-state index contributed by atoms with van der Waals surface area (Å²) in [4.78, 5) is -0.0602. The summed E-state index contributed by atoms with van der Waals surface area (Å²) >= 11 is 0. The molecule has 0 aromatic heterocycles. The van der Waals surface area contributed by atoms with E-state index in [1.165, 1.54) is 16.4 Å². The second-order valence-electron chi connectivity index (χ2n) is 5.40. The SMILES string of the molecule is CC1(C)COCCN1S(=O)(=O)c1cc(F)ccc1CN. The Morgan fingerprint density at radius 2 is 2.15 bits per heavy atom. The van der Waals surface area contributed by atoms with Crippen LogP contribution in [0.15, 0.2) is 23.1 Å². The molecular weight excluding hydrogens is 283 g/mol. The first-order chi connectivity index (χ1) is 9.29. The summed E-state index contributed by atoms with van der Waals surface area (Å²) in [6, 6.07) is 3.66. The Kier molecular flexibility index (Phi) is 4.15. The first-order valence-electron chi connectivity index (χ1n) is 6.38. The van der Waals surface area contributed by atoms with Crippen molar-refractivity contribution < 1.29 is 17.5 Å². The number of ether oxygens (including phenoxy) is 1. The lowest BCUT2D eigenvalue weighted by molar-refractivity contribution is -0.00773. The first-order valence-corrected chi connectivity index (χ1v) is 7.82. The topological polar surface area (TPSA) is 72.6 Å². The summed E-state index contributed by atoms with van der Waals surface area (Å²) in [5.74, 6) is -0.591. The number of nitrogens with zero attached hydrogens (tertiary/aromatic N) is 1. The van der Waals surface area contributed by atoms with Crippen LogP contribution in [-0.2, 0) is 21.3 Å². The largest absolute Gasteiger partial charge is 0.378 e. The molecule has 1 aromatic carbocycles. The third kappa shape index (κ3) is 2.71. The summed E-state index contributed by atoms with van der Waals surface area (Å²) < 4.78 is 45.7. The van der Waals surface area contributed by atoms with Crippen molar-refractivity contribution in [1.29, 1.82) is 0 Å². The minimum atomic E-state index is -3.80. The summed E-state index contributed by atoms with van der Waals surface area (Å²) in [6.07, 6.45) is 0. The highest BCUT2D eigenvalue weighted by Crippen LogP contribution is 2.29. The van der Waals surface area contributed by atoms with Crippen LogP contribution in [0.1, 0.15) is 19.4 Å². The molecule has 1 aromatic rings. The van der Waals surface area contributed by atoms with Gasteiger partial charge in [0, 0.05) is 13.1 Å². The average Bonchev–Trinajstić information content (AvgIpc) is 2.37. The average molecular weight is 302 g/mol. The molecular formula is C13H19FN2O3S. The van der Waals surface area contributed by atoms with Crippen molar-refractivity contribution in [1.82, 2.24) is 4.31 Å². The van der Waals surface area contributed by atoms with Crippen LogP contribution in [-0.4, -0.2) is 38.0 Å². The molecule has 2 N–H and O–H groups in total. The van der Waals surface area contributed by atoms with E-state index in [4.69, 9.17) is 10.5 Å². The van der Waals surface area contributed by atoms with Crippen molar-refractivity contribution in [2.24, 2.45) is 5.73 Å². The van der Waals surface area contributed by atoms with E-state index in [2.05, 4.69) is 0 Å². The number of hydrogen-bond donors (Lipinski definition) is 1. The fourth-order valence-electron chi connectivity index (χ4n) is 2.35. The van der Waals surface area contributed by atoms with Crippen molar-refractivity contribution in [3.8, 4) is 0 Å². The third-order valence-corrected chi connectivity index (χ3v) is 5.58. The van der Waals surface area contributed by atoms with E-state index in [1.54, 1.807) is 13.8 Å². The number of halogens is 1. The van der Waals surface area contributed by atoms with E-state index in [1.807, 2.05) is 0 Å². The van der Waals surface area contributed by atoms with E-state index in [9.17, 15) is 12.8 Å². The Morgan fingerprint density at radius 3 is 2.75 bits per heavy atom. The minimum Gasteiger partial charge on any atom is -0.378 e. The summed E-state index contributed by atoms with van der Waals surface area (Å²) in [5.41, 5.74) is 5.30. The van der Waals surface area contributed by atoms with Crippen molar-refractivity contribution in [2.75, 3.05) is 19.8 Å². The van der Waals surface area contributed by atoms with Crippen LogP contribution in [0.4, 0.5) is 4.39 Å². The van der Waals surface area contributed by atoms with Gasteiger partial charge in [-0.1, -0.05) is 6.07 Å². The molecule has 1 aliphatic rings. The zero-order valence-corrected chi connectivity index (χ0v) is 12.4. The predicted octanol–water partition coefficient (Wildman–Crippen LogP) is 1.08. The van der Waals surface area contributed by atoms with Crippen LogP contribution in [0.5, 0.6) is 0 Å². The molecule has 1 heterocycles. The third-order valence-electron chi connectivity index (χ3n) is 3.39. The van der Waals surface area contributed by atoms with Gasteiger partial charge in [-0.15, -0.1) is 0 Å². The molecule has 20 heavy (non-hydrogen) atoms. The van der Waals surface area contributed by atoms with Gasteiger partial charge in [0.2, 0.25) is 10.0 Å². The molecule has 0 aliphatic carbocycles. The lowest BCUT2D eigenvalue weighted by Crippen LogP contribution is -2.55. The van der Waals surface area contributed by atoms with Gasteiger partial charge in [-0.3, -0.25) is 0 Å². The maximum absolute atomic E-state index is 13.4. The molecule has 0 unspecified atom stereocenters. The van der Waals surface area contributed by atoms with Gasteiger partial charge in [0.15, 0.2) is 0 Å². The van der Waals surface area contributed by atoms with Crippen LogP contribution in [0.2, 0.25) is 0 Å². The number of morpholine rings is 1. The summed E-state index contributed by atoms with van der Waals surface area (Å²) in [7, 11) is -3.80. The van der Waals surface area contributed by atoms with Crippen LogP contribution < -0.4 is 5.73 Å². The van der Waals surface area contributed by atoms with Gasteiger partial charge in [0.1, 0.15) is 5.82 Å². The van der Waals surface area contributed by atoms with Crippen molar-refractivity contribution in [2.45, 2.75) is 30.8 Å². The fraction of sp³-hybridized carbons (Fsp3) is 0.538. The Labute approximate surface area is 118 Å². The van der Waals surface area contributed by atoms with Crippen LogP contribution >= 0.6 is 0 Å². The van der Waals surface area contributed by atoms with Crippen LogP contribution in [0, 0.1) is 5.82 Å². The van der Waals surface area contributed by atoms with Crippen molar-refractivity contribution in [3.63, 3.8) is 0 Å². The van der Waals surface area contributed by atoms with Gasteiger partial charge >= 0.3 is 0 Å². The molecule has 0 bridgehead atoms. The van der Waals surface area contributed by atoms with Gasteiger partial charge in [0.25, 0.3) is 0 Å². The van der Waals surface area contributed by atoms with Gasteiger partial charge < -0.3 is 10.5 Å². The maximum Gasteiger partial charge on any atom is 0.244 e. The quantitative estimate of drug-likeness (QED) is 0.907. The number of rotatable bonds is 3. The van der Waals surface area contributed by atoms with E-state index in [0.29, 0.717) is 18.8 Å². The summed E-state index contributed by atoms with van der Waals surface area (Å²) in [5, 5.41) is 0. The molecule has 0 amide bonds. The number of benzene rings is 1. The first kappa shape index (κ1) is 15.4. The van der Waals surface area contributed by atoms with E-state index in [-0.39, 0.29) is 18.0 Å². The number of hydrogen-bond acceptors (Lipinski definition) is 4. The van der Waals surface area contributed by atoms with Gasteiger partial charge in [-0.05, 0) is 31.5 Å². The maximum atomic E-state index is 13.4. The number of sulfonamides is 1. The minimum absolute atomic E-state index is 0.0413. The molecule has 1 saturated heterocycles. The Morgan fingerprint density at radius 1 is 1.45 bits per heavy atom. The van der Waals surface area contributed by atoms with Gasteiger partial charge in [-0.25, -0.2) is 12.8 Å². The van der Waals surface area contributed by atoms with Crippen LogP contribution in [0.3, 0.4) is 0 Å². The Hall–Kier alpha value is -1.02. The second kappa shape index (κ2) is 5.40. The molecule has 1 fully saturated rings. The lowest BCUT2D eigenvalue weighted by Gasteiger charge is -2.41. The lowest BCUT2D eigenvalue weighted by atomic mass is 10.1. The standard InChI is InChI=1S/C13H19FN2O3S/c1-13(2)9-19-6-5-16(13)20(17,18)12-7-11(14)4-3-10(12)8-15/h3-4,7H,5-6,8-9,15H2,1-2H3. The molecule has 1 aliphatic heterocycles. The molecule has 112 valence electrons. The smallest absolute Gasteiger partial charge is 0.244 e. The second-order valence-corrected chi connectivity index (χ2v) is 7.23. The predicted molar refractivity (Wildman–Crippen MR) is 73.1 cm³/mol. The molecule has 2 rings (SSSR count). The highest BCUT2D eigenvalue weighted by atomic mass is 32.2. The van der Waals surface area contributed by atoms with Gasteiger partial charge in [-0.2, -0.15) is 4.31 Å². The number of nitrogens with two attached hydrogens (primary N) is 1. The normalized spacial score (nSPS) is 20.0. The molecule has 5 nitrogen and oxygen atoms in total. The zero-order valence-electron chi connectivity index (χ0n) is 11.6. The van der Waals surface area contributed by atoms with Gasteiger partial charge in [0.05, 0.1) is 23.6 Å². The Balaban J connectivity index is 2.52. The fourth-order valence-corrected chi connectivity index (χ4v) is 4.35. The van der Waals surface area contributed by atoms with Crippen molar-refractivity contribution >= 4 is 10.0 Å². The monoisotopic (exact) mass is 302 g/mol. The molecule has 0 atom stereocenters.